The lowest BCUT2D eigenvalue weighted by Crippen LogP contribution is -2.42. The first-order chi connectivity index (χ1) is 13.1. The molecule has 3 heterocycles. The summed E-state index contributed by atoms with van der Waals surface area (Å²) >= 11 is 5.71. The second-order valence-electron chi connectivity index (χ2n) is 6.70. The average Bonchev–Trinajstić information content (AvgIpc) is 3.26. The quantitative estimate of drug-likeness (QED) is 0.726. The molecule has 1 aliphatic rings. The fourth-order valence-corrected chi connectivity index (χ4v) is 3.71. The van der Waals surface area contributed by atoms with Crippen LogP contribution >= 0.6 is 11.6 Å². The molecule has 0 unspecified atom stereocenters. The highest BCUT2D eigenvalue weighted by Crippen LogP contribution is 2.25. The molecule has 1 N–H and O–H groups in total. The molecule has 0 fully saturated rings. The molecule has 2 aromatic heterocycles. The molecule has 3 aromatic rings. The van der Waals surface area contributed by atoms with Crippen LogP contribution in [0.3, 0.4) is 0 Å². The largest absolute Gasteiger partial charge is 0.333 e. The Balaban J connectivity index is 1.49. The van der Waals surface area contributed by atoms with Crippen LogP contribution in [0, 0.1) is 6.92 Å². The standard InChI is InChI=1S/C18H20ClN7O/c1-12-21-23-16-11-25(17(27)8-7-15-20-18(19)24-22-15)10-14(26(12)16)9-13-5-3-2-4-6-13/h2-6,14H,7-11H2,1H3,(H,20,22,24)/t14-/m1/s1. The van der Waals surface area contributed by atoms with Gasteiger partial charge in [0.2, 0.25) is 11.2 Å². The third kappa shape index (κ3) is 3.85. The summed E-state index contributed by atoms with van der Waals surface area (Å²) < 4.78 is 2.16. The van der Waals surface area contributed by atoms with Gasteiger partial charge in [0.25, 0.3) is 0 Å². The van der Waals surface area contributed by atoms with Gasteiger partial charge in [-0.25, -0.2) is 4.98 Å². The van der Waals surface area contributed by atoms with E-state index in [4.69, 9.17) is 11.6 Å². The first-order valence-corrected chi connectivity index (χ1v) is 9.27. The molecule has 0 saturated carbocycles. The second kappa shape index (κ2) is 7.48. The number of hydrogen-bond donors (Lipinski definition) is 1. The van der Waals surface area contributed by atoms with Crippen molar-refractivity contribution in [1.82, 2.24) is 34.8 Å². The van der Waals surface area contributed by atoms with Gasteiger partial charge in [0, 0.05) is 19.4 Å². The number of rotatable bonds is 5. The predicted octanol–water partition coefficient (Wildman–Crippen LogP) is 2.12. The molecule has 0 saturated heterocycles. The number of aryl methyl sites for hydroxylation is 2. The maximum absolute atomic E-state index is 12.8. The molecule has 0 bridgehead atoms. The van der Waals surface area contributed by atoms with E-state index >= 15 is 0 Å². The van der Waals surface area contributed by atoms with E-state index in [1.54, 1.807) is 0 Å². The van der Waals surface area contributed by atoms with Crippen molar-refractivity contribution in [3.63, 3.8) is 0 Å². The SMILES string of the molecule is Cc1nnc2n1[C@H](Cc1ccccc1)CN(C(=O)CCc1nc(Cl)n[nH]1)C2. The zero-order chi connectivity index (χ0) is 18.8. The highest BCUT2D eigenvalue weighted by Gasteiger charge is 2.30. The van der Waals surface area contributed by atoms with Gasteiger partial charge in [-0.05, 0) is 30.5 Å². The number of H-pyrrole nitrogens is 1. The van der Waals surface area contributed by atoms with Crippen LogP contribution in [-0.2, 0) is 24.2 Å². The van der Waals surface area contributed by atoms with E-state index in [9.17, 15) is 4.79 Å². The molecular weight excluding hydrogens is 366 g/mol. The van der Waals surface area contributed by atoms with Crippen molar-refractivity contribution in [2.24, 2.45) is 0 Å². The maximum atomic E-state index is 12.8. The lowest BCUT2D eigenvalue weighted by Gasteiger charge is -2.34. The molecule has 0 spiro atoms. The molecule has 1 amide bonds. The number of halogens is 1. The molecule has 9 heteroatoms. The van der Waals surface area contributed by atoms with E-state index in [-0.39, 0.29) is 17.2 Å². The van der Waals surface area contributed by atoms with Crippen LogP contribution in [0.2, 0.25) is 5.28 Å². The van der Waals surface area contributed by atoms with Crippen molar-refractivity contribution in [2.75, 3.05) is 6.54 Å². The van der Waals surface area contributed by atoms with Crippen molar-refractivity contribution < 1.29 is 4.79 Å². The van der Waals surface area contributed by atoms with Crippen LogP contribution in [-0.4, -0.2) is 47.3 Å². The number of carbonyl (C=O) groups excluding carboxylic acids is 1. The van der Waals surface area contributed by atoms with Gasteiger partial charge in [-0.1, -0.05) is 30.3 Å². The van der Waals surface area contributed by atoms with Gasteiger partial charge in [-0.15, -0.1) is 15.3 Å². The Kier molecular flexibility index (Phi) is 4.89. The Morgan fingerprint density at radius 2 is 2.11 bits per heavy atom. The molecule has 1 aromatic carbocycles. The van der Waals surface area contributed by atoms with Gasteiger partial charge in [-0.3, -0.25) is 9.89 Å². The number of nitrogens with one attached hydrogen (secondary N) is 1. The molecule has 8 nitrogen and oxygen atoms in total. The second-order valence-corrected chi connectivity index (χ2v) is 7.04. The Hall–Kier alpha value is -2.74. The van der Waals surface area contributed by atoms with Crippen LogP contribution in [0.1, 0.15) is 35.5 Å². The van der Waals surface area contributed by atoms with E-state index in [2.05, 4.69) is 42.1 Å². The van der Waals surface area contributed by atoms with Crippen LogP contribution in [0.5, 0.6) is 0 Å². The summed E-state index contributed by atoms with van der Waals surface area (Å²) in [6.45, 7) is 3.07. The van der Waals surface area contributed by atoms with Gasteiger partial charge in [-0.2, -0.15) is 0 Å². The Morgan fingerprint density at radius 3 is 2.85 bits per heavy atom. The molecule has 1 atom stereocenters. The predicted molar refractivity (Wildman–Crippen MR) is 99.1 cm³/mol. The van der Waals surface area contributed by atoms with Gasteiger partial charge in [0.15, 0.2) is 5.82 Å². The number of amides is 1. The molecular formula is C18H20ClN7O. The van der Waals surface area contributed by atoms with Gasteiger partial charge < -0.3 is 9.47 Å². The minimum atomic E-state index is 0.0625. The van der Waals surface area contributed by atoms with Gasteiger partial charge in [0.1, 0.15) is 11.6 Å². The molecule has 0 radical (unpaired) electrons. The Labute approximate surface area is 161 Å². The highest BCUT2D eigenvalue weighted by molar-refractivity contribution is 6.28. The summed E-state index contributed by atoms with van der Waals surface area (Å²) in [5.41, 5.74) is 1.23. The smallest absolute Gasteiger partial charge is 0.242 e. The Morgan fingerprint density at radius 1 is 1.30 bits per heavy atom. The van der Waals surface area contributed by atoms with Crippen LogP contribution in [0.4, 0.5) is 0 Å². The molecule has 27 heavy (non-hydrogen) atoms. The van der Waals surface area contributed by atoms with Crippen molar-refractivity contribution in [3.8, 4) is 0 Å². The average molecular weight is 386 g/mol. The lowest BCUT2D eigenvalue weighted by atomic mass is 10.0. The third-order valence-electron chi connectivity index (χ3n) is 4.81. The lowest BCUT2D eigenvalue weighted by molar-refractivity contribution is -0.133. The van der Waals surface area contributed by atoms with Crippen LogP contribution in [0.25, 0.3) is 0 Å². The summed E-state index contributed by atoms with van der Waals surface area (Å²) in [7, 11) is 0. The minimum Gasteiger partial charge on any atom is -0.333 e. The summed E-state index contributed by atoms with van der Waals surface area (Å²) in [5.74, 6) is 2.39. The van der Waals surface area contributed by atoms with E-state index in [0.717, 1.165) is 18.1 Å². The van der Waals surface area contributed by atoms with Crippen molar-refractivity contribution in [2.45, 2.75) is 38.8 Å². The number of aromatic nitrogens is 6. The van der Waals surface area contributed by atoms with Crippen molar-refractivity contribution in [3.05, 3.63) is 58.7 Å². The summed E-state index contributed by atoms with van der Waals surface area (Å²) in [6, 6.07) is 10.4. The summed E-state index contributed by atoms with van der Waals surface area (Å²) in [4.78, 5) is 18.7. The topological polar surface area (TPSA) is 92.6 Å². The zero-order valence-electron chi connectivity index (χ0n) is 15.0. The fourth-order valence-electron chi connectivity index (χ4n) is 3.57. The van der Waals surface area contributed by atoms with E-state index in [1.807, 2.05) is 30.0 Å². The zero-order valence-corrected chi connectivity index (χ0v) is 15.7. The van der Waals surface area contributed by atoms with Crippen LogP contribution < -0.4 is 0 Å². The number of hydrogen-bond acceptors (Lipinski definition) is 5. The van der Waals surface area contributed by atoms with Crippen LogP contribution in [0.15, 0.2) is 30.3 Å². The molecule has 0 aliphatic carbocycles. The fraction of sp³-hybridized carbons (Fsp3) is 0.389. The number of carbonyl (C=O) groups is 1. The van der Waals surface area contributed by atoms with E-state index < -0.39 is 0 Å². The first kappa shape index (κ1) is 17.7. The van der Waals surface area contributed by atoms with Gasteiger partial charge in [0.05, 0.1) is 12.6 Å². The molecule has 140 valence electrons. The maximum Gasteiger partial charge on any atom is 0.242 e. The van der Waals surface area contributed by atoms with E-state index in [0.29, 0.717) is 31.8 Å². The summed E-state index contributed by atoms with van der Waals surface area (Å²) in [6.07, 6.45) is 1.65. The van der Waals surface area contributed by atoms with Crippen molar-refractivity contribution >= 4 is 17.5 Å². The van der Waals surface area contributed by atoms with E-state index in [1.165, 1.54) is 5.56 Å². The Bertz CT molecular complexity index is 936. The highest BCUT2D eigenvalue weighted by atomic mass is 35.5. The monoisotopic (exact) mass is 385 g/mol. The minimum absolute atomic E-state index is 0.0625. The third-order valence-corrected chi connectivity index (χ3v) is 4.98. The number of nitrogens with zero attached hydrogens (tertiary/aromatic N) is 6. The molecule has 1 aliphatic heterocycles. The normalized spacial score (nSPS) is 16.4. The molecule has 4 rings (SSSR count). The number of fused-ring (bicyclic) bond motifs is 1. The van der Waals surface area contributed by atoms with Gasteiger partial charge >= 0.3 is 0 Å². The number of benzene rings is 1. The first-order valence-electron chi connectivity index (χ1n) is 8.89. The van der Waals surface area contributed by atoms with Crippen molar-refractivity contribution in [1.29, 1.82) is 0 Å². The number of aromatic amines is 1. The summed E-state index contributed by atoms with van der Waals surface area (Å²) in [5, 5.41) is 15.2.